The zero-order valence-corrected chi connectivity index (χ0v) is 13.3. The summed E-state index contributed by atoms with van der Waals surface area (Å²) in [7, 11) is 0. The fourth-order valence-corrected chi connectivity index (χ4v) is 3.99. The van der Waals surface area contributed by atoms with Crippen molar-refractivity contribution < 1.29 is 4.79 Å². The number of fused-ring (bicyclic) bond motifs is 2. The Morgan fingerprint density at radius 1 is 0.913 bits per heavy atom. The standard InChI is InChI=1S/C19H21N3O/c1-19(18(20)23,21-12-10-14-6-2-4-8-16(14)21)22-13-11-15-7-3-5-9-17(15)22/h2-9H,10-13H2,1H3,(H2,20,23). The maximum Gasteiger partial charge on any atom is 0.264 e. The van der Waals surface area contributed by atoms with Crippen LogP contribution >= 0.6 is 0 Å². The van der Waals surface area contributed by atoms with Crippen LogP contribution in [0, 0.1) is 0 Å². The highest BCUT2D eigenvalue weighted by Gasteiger charge is 2.47. The first-order valence-electron chi connectivity index (χ1n) is 8.13. The third kappa shape index (κ3) is 1.94. The summed E-state index contributed by atoms with van der Waals surface area (Å²) in [6, 6.07) is 16.6. The first-order valence-corrected chi connectivity index (χ1v) is 8.13. The lowest BCUT2D eigenvalue weighted by Crippen LogP contribution is -2.66. The zero-order chi connectivity index (χ0) is 16.0. The molecule has 2 aliphatic heterocycles. The van der Waals surface area contributed by atoms with Crippen LogP contribution < -0.4 is 15.5 Å². The molecule has 1 amide bonds. The van der Waals surface area contributed by atoms with Gasteiger partial charge in [-0.25, -0.2) is 0 Å². The molecule has 2 aromatic rings. The predicted octanol–water partition coefficient (Wildman–Crippen LogP) is 2.31. The van der Waals surface area contributed by atoms with Gasteiger partial charge < -0.3 is 15.5 Å². The minimum absolute atomic E-state index is 0.300. The predicted molar refractivity (Wildman–Crippen MR) is 92.6 cm³/mol. The molecule has 2 aromatic carbocycles. The maximum atomic E-state index is 12.6. The number of benzene rings is 2. The molecule has 4 nitrogen and oxygen atoms in total. The summed E-state index contributed by atoms with van der Waals surface area (Å²) in [5.74, 6) is -0.300. The molecule has 0 aromatic heterocycles. The van der Waals surface area contributed by atoms with Crippen molar-refractivity contribution in [3.63, 3.8) is 0 Å². The molecule has 0 unspecified atom stereocenters. The Bertz CT molecular complexity index is 715. The summed E-state index contributed by atoms with van der Waals surface area (Å²) in [6.07, 6.45) is 1.91. The topological polar surface area (TPSA) is 49.6 Å². The van der Waals surface area contributed by atoms with Crippen LogP contribution in [-0.2, 0) is 17.6 Å². The van der Waals surface area contributed by atoms with Gasteiger partial charge in [0.05, 0.1) is 0 Å². The quantitative estimate of drug-likeness (QED) is 0.946. The molecule has 4 rings (SSSR count). The number of anilines is 2. The second kappa shape index (κ2) is 5.01. The average molecular weight is 307 g/mol. The highest BCUT2D eigenvalue weighted by molar-refractivity contribution is 5.93. The van der Waals surface area contributed by atoms with Crippen molar-refractivity contribution in [2.24, 2.45) is 5.73 Å². The summed E-state index contributed by atoms with van der Waals surface area (Å²) in [5, 5.41) is 0. The summed E-state index contributed by atoms with van der Waals surface area (Å²) in [6.45, 7) is 3.59. The molecule has 0 saturated heterocycles. The normalized spacial score (nSPS) is 16.4. The zero-order valence-electron chi connectivity index (χ0n) is 13.3. The summed E-state index contributed by atoms with van der Waals surface area (Å²) < 4.78 is 0. The third-order valence-corrected chi connectivity index (χ3v) is 5.29. The van der Waals surface area contributed by atoms with E-state index in [1.807, 2.05) is 19.1 Å². The number of hydrogen-bond acceptors (Lipinski definition) is 3. The molecule has 2 N–H and O–H groups in total. The first kappa shape index (κ1) is 14.1. The number of carbonyl (C=O) groups excluding carboxylic acids is 1. The van der Waals surface area contributed by atoms with Crippen LogP contribution in [0.3, 0.4) is 0 Å². The smallest absolute Gasteiger partial charge is 0.264 e. The number of carbonyl (C=O) groups is 1. The number of hydrogen-bond donors (Lipinski definition) is 1. The minimum atomic E-state index is -0.848. The van der Waals surface area contributed by atoms with Crippen molar-refractivity contribution in [1.29, 1.82) is 0 Å². The number of nitrogens with zero attached hydrogens (tertiary/aromatic N) is 2. The number of para-hydroxylation sites is 2. The van der Waals surface area contributed by atoms with Crippen molar-refractivity contribution in [2.75, 3.05) is 22.9 Å². The fourth-order valence-electron chi connectivity index (χ4n) is 3.99. The summed E-state index contributed by atoms with van der Waals surface area (Å²) >= 11 is 0. The van der Waals surface area contributed by atoms with Gasteiger partial charge in [-0.1, -0.05) is 36.4 Å². The van der Waals surface area contributed by atoms with E-state index in [0.717, 1.165) is 37.3 Å². The average Bonchev–Trinajstić information content (AvgIpc) is 3.18. The van der Waals surface area contributed by atoms with Crippen LogP contribution in [0.2, 0.25) is 0 Å². The van der Waals surface area contributed by atoms with Crippen LogP contribution in [0.4, 0.5) is 11.4 Å². The van der Waals surface area contributed by atoms with Crippen molar-refractivity contribution in [3.8, 4) is 0 Å². The van der Waals surface area contributed by atoms with E-state index in [2.05, 4.69) is 46.2 Å². The molecule has 118 valence electrons. The second-order valence-corrected chi connectivity index (χ2v) is 6.45. The highest BCUT2D eigenvalue weighted by atomic mass is 16.2. The summed E-state index contributed by atoms with van der Waals surface area (Å²) in [5.41, 5.74) is 9.89. The maximum absolute atomic E-state index is 12.6. The van der Waals surface area contributed by atoms with Gasteiger partial charge >= 0.3 is 0 Å². The number of rotatable bonds is 3. The molecule has 2 heterocycles. The largest absolute Gasteiger partial charge is 0.366 e. The Labute approximate surface area is 136 Å². The number of nitrogens with two attached hydrogens (primary N) is 1. The molecular formula is C19H21N3O. The molecule has 0 bridgehead atoms. The lowest BCUT2D eigenvalue weighted by molar-refractivity contribution is -0.122. The van der Waals surface area contributed by atoms with E-state index >= 15 is 0 Å². The molecule has 0 spiro atoms. The number of primary amides is 1. The van der Waals surface area contributed by atoms with Gasteiger partial charge in [0.2, 0.25) is 0 Å². The van der Waals surface area contributed by atoms with E-state index in [0.29, 0.717) is 0 Å². The Kier molecular flexibility index (Phi) is 3.08. The van der Waals surface area contributed by atoms with Gasteiger partial charge in [0.25, 0.3) is 5.91 Å². The fraction of sp³-hybridized carbons (Fsp3) is 0.316. The van der Waals surface area contributed by atoms with Crippen molar-refractivity contribution in [3.05, 3.63) is 59.7 Å². The van der Waals surface area contributed by atoms with Crippen LogP contribution in [0.5, 0.6) is 0 Å². The van der Waals surface area contributed by atoms with E-state index in [9.17, 15) is 4.79 Å². The van der Waals surface area contributed by atoms with Crippen LogP contribution in [0.25, 0.3) is 0 Å². The lowest BCUT2D eigenvalue weighted by atomic mass is 10.1. The van der Waals surface area contributed by atoms with Gasteiger partial charge in [-0.05, 0) is 43.0 Å². The Morgan fingerprint density at radius 3 is 1.78 bits per heavy atom. The summed E-state index contributed by atoms with van der Waals surface area (Å²) in [4.78, 5) is 16.9. The molecule has 0 radical (unpaired) electrons. The molecule has 4 heteroatoms. The second-order valence-electron chi connectivity index (χ2n) is 6.45. The molecule has 23 heavy (non-hydrogen) atoms. The van der Waals surface area contributed by atoms with Gasteiger partial charge in [0.15, 0.2) is 5.66 Å². The third-order valence-electron chi connectivity index (χ3n) is 5.29. The van der Waals surface area contributed by atoms with Crippen LogP contribution in [0.15, 0.2) is 48.5 Å². The van der Waals surface area contributed by atoms with Gasteiger partial charge in [0, 0.05) is 24.5 Å². The Hall–Kier alpha value is -2.49. The van der Waals surface area contributed by atoms with Crippen molar-refractivity contribution in [1.82, 2.24) is 0 Å². The molecule has 0 saturated carbocycles. The minimum Gasteiger partial charge on any atom is -0.366 e. The van der Waals surface area contributed by atoms with Gasteiger partial charge in [0.1, 0.15) is 0 Å². The van der Waals surface area contributed by atoms with Gasteiger partial charge in [-0.15, -0.1) is 0 Å². The molecule has 2 aliphatic rings. The molecule has 0 atom stereocenters. The van der Waals surface area contributed by atoms with Crippen LogP contribution in [-0.4, -0.2) is 24.7 Å². The number of amides is 1. The Morgan fingerprint density at radius 2 is 1.35 bits per heavy atom. The molecular weight excluding hydrogens is 286 g/mol. The molecule has 0 aliphatic carbocycles. The lowest BCUT2D eigenvalue weighted by Gasteiger charge is -2.45. The van der Waals surface area contributed by atoms with Crippen molar-refractivity contribution >= 4 is 17.3 Å². The van der Waals surface area contributed by atoms with E-state index < -0.39 is 5.66 Å². The monoisotopic (exact) mass is 307 g/mol. The van der Waals surface area contributed by atoms with E-state index in [-0.39, 0.29) is 5.91 Å². The van der Waals surface area contributed by atoms with Crippen molar-refractivity contribution in [2.45, 2.75) is 25.4 Å². The van der Waals surface area contributed by atoms with E-state index in [4.69, 9.17) is 5.73 Å². The molecule has 0 fully saturated rings. The SMILES string of the molecule is CC(C(N)=O)(N1CCc2ccccc21)N1CCc2ccccc21. The Balaban J connectivity index is 1.81. The van der Waals surface area contributed by atoms with Gasteiger partial charge in [-0.3, -0.25) is 4.79 Å². The van der Waals surface area contributed by atoms with E-state index in [1.165, 1.54) is 11.1 Å². The highest BCUT2D eigenvalue weighted by Crippen LogP contribution is 2.40. The first-order chi connectivity index (χ1) is 11.1. The van der Waals surface area contributed by atoms with Gasteiger partial charge in [-0.2, -0.15) is 0 Å². The van der Waals surface area contributed by atoms with E-state index in [1.54, 1.807) is 0 Å². The van der Waals surface area contributed by atoms with Crippen LogP contribution in [0.1, 0.15) is 18.1 Å².